The van der Waals surface area contributed by atoms with Gasteiger partial charge in [-0.15, -0.1) is 0 Å². The maximum absolute atomic E-state index is 11.6. The highest BCUT2D eigenvalue weighted by atomic mass is 16.5. The van der Waals surface area contributed by atoms with Crippen molar-refractivity contribution < 1.29 is 14.6 Å². The first kappa shape index (κ1) is 17.2. The molecule has 0 aromatic heterocycles. The van der Waals surface area contributed by atoms with Crippen LogP contribution < -0.4 is 10.6 Å². The molecule has 1 aliphatic rings. The van der Waals surface area contributed by atoms with E-state index in [0.717, 1.165) is 19.3 Å². The molecule has 0 aliphatic heterocycles. The molecule has 0 saturated heterocycles. The lowest BCUT2D eigenvalue weighted by molar-refractivity contribution is 0.0460. The van der Waals surface area contributed by atoms with Gasteiger partial charge in [0.15, 0.2) is 0 Å². The Morgan fingerprint density at radius 3 is 2.60 bits per heavy atom. The SMILES string of the molecule is CCC(CCO)NC(=O)NCCOC1CCCCCC1. The molecule has 118 valence electrons. The van der Waals surface area contributed by atoms with Crippen LogP contribution in [0.2, 0.25) is 0 Å². The Morgan fingerprint density at radius 2 is 2.00 bits per heavy atom. The van der Waals surface area contributed by atoms with Crippen molar-refractivity contribution in [2.24, 2.45) is 0 Å². The average molecular weight is 286 g/mol. The van der Waals surface area contributed by atoms with E-state index in [1.165, 1.54) is 25.7 Å². The van der Waals surface area contributed by atoms with E-state index in [4.69, 9.17) is 9.84 Å². The number of amides is 2. The average Bonchev–Trinajstić information content (AvgIpc) is 2.72. The van der Waals surface area contributed by atoms with Gasteiger partial charge >= 0.3 is 6.03 Å². The molecule has 20 heavy (non-hydrogen) atoms. The maximum atomic E-state index is 11.6. The van der Waals surface area contributed by atoms with Crippen molar-refractivity contribution in [3.05, 3.63) is 0 Å². The monoisotopic (exact) mass is 286 g/mol. The summed E-state index contributed by atoms with van der Waals surface area (Å²) in [4.78, 5) is 11.6. The molecule has 1 aliphatic carbocycles. The normalized spacial score (nSPS) is 18.3. The number of hydrogen-bond donors (Lipinski definition) is 3. The van der Waals surface area contributed by atoms with Gasteiger partial charge in [-0.25, -0.2) is 4.79 Å². The summed E-state index contributed by atoms with van der Waals surface area (Å²) in [6.45, 7) is 3.21. The van der Waals surface area contributed by atoms with Crippen molar-refractivity contribution in [3.63, 3.8) is 0 Å². The smallest absolute Gasteiger partial charge is 0.315 e. The topological polar surface area (TPSA) is 70.6 Å². The highest BCUT2D eigenvalue weighted by molar-refractivity contribution is 5.74. The zero-order chi connectivity index (χ0) is 14.6. The molecule has 1 rings (SSSR count). The Kier molecular flexibility index (Phi) is 9.41. The lowest BCUT2D eigenvalue weighted by Crippen LogP contribution is -2.43. The van der Waals surface area contributed by atoms with Gasteiger partial charge in [-0.05, 0) is 25.7 Å². The van der Waals surface area contributed by atoms with Crippen LogP contribution in [0.3, 0.4) is 0 Å². The summed E-state index contributed by atoms with van der Waals surface area (Å²) < 4.78 is 5.81. The zero-order valence-electron chi connectivity index (χ0n) is 12.7. The number of carbonyl (C=O) groups is 1. The largest absolute Gasteiger partial charge is 0.396 e. The molecule has 0 heterocycles. The van der Waals surface area contributed by atoms with Crippen molar-refractivity contribution >= 4 is 6.03 Å². The summed E-state index contributed by atoms with van der Waals surface area (Å²) in [6, 6.07) is -0.127. The van der Waals surface area contributed by atoms with Gasteiger partial charge < -0.3 is 20.5 Å². The van der Waals surface area contributed by atoms with E-state index in [1.54, 1.807) is 0 Å². The third-order valence-electron chi connectivity index (χ3n) is 3.85. The van der Waals surface area contributed by atoms with E-state index >= 15 is 0 Å². The minimum absolute atomic E-state index is 0.0442. The second-order valence-electron chi connectivity index (χ2n) is 5.50. The Bertz CT molecular complexity index is 254. The molecule has 3 N–H and O–H groups in total. The van der Waals surface area contributed by atoms with E-state index in [1.807, 2.05) is 6.92 Å². The maximum Gasteiger partial charge on any atom is 0.315 e. The number of hydrogen-bond acceptors (Lipinski definition) is 3. The zero-order valence-corrected chi connectivity index (χ0v) is 12.7. The number of nitrogens with one attached hydrogen (secondary N) is 2. The van der Waals surface area contributed by atoms with Crippen LogP contribution >= 0.6 is 0 Å². The molecule has 1 unspecified atom stereocenters. The van der Waals surface area contributed by atoms with Crippen LogP contribution in [0.15, 0.2) is 0 Å². The molecular formula is C15H30N2O3. The molecule has 1 fully saturated rings. The molecule has 0 radical (unpaired) electrons. The van der Waals surface area contributed by atoms with E-state index in [2.05, 4.69) is 10.6 Å². The molecule has 1 atom stereocenters. The van der Waals surface area contributed by atoms with Crippen LogP contribution in [-0.2, 0) is 4.74 Å². The Hall–Kier alpha value is -0.810. The molecule has 5 heteroatoms. The van der Waals surface area contributed by atoms with Gasteiger partial charge in [-0.1, -0.05) is 32.6 Å². The quantitative estimate of drug-likeness (QED) is 0.473. The van der Waals surface area contributed by atoms with Crippen LogP contribution in [0.4, 0.5) is 4.79 Å². The first-order chi connectivity index (χ1) is 9.76. The highest BCUT2D eigenvalue weighted by Crippen LogP contribution is 2.19. The fourth-order valence-corrected chi connectivity index (χ4v) is 2.57. The van der Waals surface area contributed by atoms with Gasteiger partial charge in [0.2, 0.25) is 0 Å². The fourth-order valence-electron chi connectivity index (χ4n) is 2.57. The second-order valence-corrected chi connectivity index (χ2v) is 5.50. The van der Waals surface area contributed by atoms with Crippen molar-refractivity contribution in [1.82, 2.24) is 10.6 Å². The molecule has 0 aromatic rings. The summed E-state index contributed by atoms with van der Waals surface area (Å²) >= 11 is 0. The molecule has 0 aromatic carbocycles. The van der Waals surface area contributed by atoms with Crippen LogP contribution in [0.1, 0.15) is 58.3 Å². The van der Waals surface area contributed by atoms with Crippen molar-refractivity contribution in [2.75, 3.05) is 19.8 Å². The Balaban J connectivity index is 2.05. The van der Waals surface area contributed by atoms with Crippen molar-refractivity contribution in [3.8, 4) is 0 Å². The number of rotatable bonds is 8. The van der Waals surface area contributed by atoms with E-state index in [9.17, 15) is 4.79 Å². The van der Waals surface area contributed by atoms with Crippen LogP contribution in [0.25, 0.3) is 0 Å². The number of aliphatic hydroxyl groups excluding tert-OH is 1. The van der Waals surface area contributed by atoms with Gasteiger partial charge in [0.25, 0.3) is 0 Å². The number of urea groups is 1. The predicted octanol–water partition coefficient (Wildman–Crippen LogP) is 2.19. The van der Waals surface area contributed by atoms with E-state index in [0.29, 0.717) is 25.7 Å². The lowest BCUT2D eigenvalue weighted by Gasteiger charge is -2.18. The molecular weight excluding hydrogens is 256 g/mol. The Labute approximate surface area is 122 Å². The van der Waals surface area contributed by atoms with Gasteiger partial charge in [-0.2, -0.15) is 0 Å². The van der Waals surface area contributed by atoms with E-state index < -0.39 is 0 Å². The van der Waals surface area contributed by atoms with Crippen molar-refractivity contribution in [2.45, 2.75) is 70.4 Å². The third-order valence-corrected chi connectivity index (χ3v) is 3.85. The second kappa shape index (κ2) is 10.9. The standard InChI is InChI=1S/C15H30N2O3/c1-2-13(9-11-18)17-15(19)16-10-12-20-14-7-5-3-4-6-8-14/h13-14,18H,2-12H2,1H3,(H2,16,17,19). The summed E-state index contributed by atoms with van der Waals surface area (Å²) in [5, 5.41) is 14.5. The summed E-state index contributed by atoms with van der Waals surface area (Å²) in [7, 11) is 0. The number of carbonyl (C=O) groups excluding carboxylic acids is 1. The van der Waals surface area contributed by atoms with Gasteiger partial charge in [0.05, 0.1) is 12.7 Å². The van der Waals surface area contributed by atoms with Crippen LogP contribution in [0.5, 0.6) is 0 Å². The first-order valence-electron chi connectivity index (χ1n) is 8.03. The summed E-state index contributed by atoms with van der Waals surface area (Å²) in [5.74, 6) is 0. The molecule has 0 spiro atoms. The molecule has 5 nitrogen and oxygen atoms in total. The first-order valence-corrected chi connectivity index (χ1v) is 8.03. The number of ether oxygens (including phenoxy) is 1. The highest BCUT2D eigenvalue weighted by Gasteiger charge is 2.13. The third kappa shape index (κ3) is 7.70. The van der Waals surface area contributed by atoms with Gasteiger partial charge in [-0.3, -0.25) is 0 Å². The minimum Gasteiger partial charge on any atom is -0.396 e. The Morgan fingerprint density at radius 1 is 1.30 bits per heavy atom. The molecule has 2 amide bonds. The van der Waals surface area contributed by atoms with E-state index in [-0.39, 0.29) is 18.7 Å². The molecule has 0 bridgehead atoms. The number of aliphatic hydroxyl groups is 1. The van der Waals surface area contributed by atoms with Gasteiger partial charge in [0, 0.05) is 19.2 Å². The van der Waals surface area contributed by atoms with Gasteiger partial charge in [0.1, 0.15) is 0 Å². The summed E-state index contributed by atoms with van der Waals surface area (Å²) in [5.41, 5.74) is 0. The fraction of sp³-hybridized carbons (Fsp3) is 0.933. The predicted molar refractivity (Wildman–Crippen MR) is 79.8 cm³/mol. The van der Waals surface area contributed by atoms with Crippen molar-refractivity contribution in [1.29, 1.82) is 0 Å². The van der Waals surface area contributed by atoms with Crippen LogP contribution in [-0.4, -0.2) is 43.0 Å². The lowest BCUT2D eigenvalue weighted by atomic mass is 10.1. The molecule has 1 saturated carbocycles. The van der Waals surface area contributed by atoms with Crippen LogP contribution in [0, 0.1) is 0 Å². The minimum atomic E-state index is -0.172. The summed E-state index contributed by atoms with van der Waals surface area (Å²) in [6.07, 6.45) is 9.28.